The molecule has 0 amide bonds. The third kappa shape index (κ3) is 7.91. The summed E-state index contributed by atoms with van der Waals surface area (Å²) < 4.78 is 107. The van der Waals surface area contributed by atoms with Crippen molar-refractivity contribution in [2.24, 2.45) is 20.5 Å². The summed E-state index contributed by atoms with van der Waals surface area (Å²) in [6.07, 6.45) is 0. The number of fused-ring (bicyclic) bond motifs is 2. The largest absolute Gasteiger partial charge is 0.506 e. The molecule has 0 saturated carbocycles. The standard InChI is InChI=1S/C33H25N5O12S3/c1-50-23-9-5-19(6-10-23)34-20-7-11-24-18(13-20)14-31(53(47,48)49)32(33(24)40)38-37-27-12-8-21(16-28(27)39)35-36-22-15-26-25(30(17-22)52(44,45)46)3-2-4-29(26)51(41,42)43/h2-17,34,39-40H,1H3,(H,41,42,43)(H,44,45,46)(H,47,48,49). The smallest absolute Gasteiger partial charge is 0.296 e. The van der Waals surface area contributed by atoms with Gasteiger partial charge >= 0.3 is 0 Å². The number of anilines is 2. The molecule has 0 aliphatic carbocycles. The molecule has 0 bridgehead atoms. The van der Waals surface area contributed by atoms with Gasteiger partial charge in [0.25, 0.3) is 30.4 Å². The Morgan fingerprint density at radius 1 is 0.566 bits per heavy atom. The average Bonchev–Trinajstić information content (AvgIpc) is 3.09. The van der Waals surface area contributed by atoms with Gasteiger partial charge in [-0.3, -0.25) is 13.7 Å². The predicted molar refractivity (Wildman–Crippen MR) is 192 cm³/mol. The number of ether oxygens (including phenoxy) is 1. The van der Waals surface area contributed by atoms with Crippen LogP contribution in [0, 0.1) is 0 Å². The number of hydrogen-bond donors (Lipinski definition) is 6. The Kier molecular flexibility index (Phi) is 9.59. The molecule has 53 heavy (non-hydrogen) atoms. The van der Waals surface area contributed by atoms with Gasteiger partial charge in [-0.05, 0) is 84.2 Å². The minimum atomic E-state index is -4.96. The van der Waals surface area contributed by atoms with Crippen LogP contribution >= 0.6 is 0 Å². The number of aromatic hydroxyl groups is 2. The third-order valence-corrected chi connectivity index (χ3v) is 10.3. The summed E-state index contributed by atoms with van der Waals surface area (Å²) in [6, 6.07) is 21.7. The molecule has 6 N–H and O–H groups in total. The molecule has 0 heterocycles. The summed E-state index contributed by atoms with van der Waals surface area (Å²) in [6.45, 7) is 0. The minimum absolute atomic E-state index is 0.0377. The van der Waals surface area contributed by atoms with Gasteiger partial charge in [-0.2, -0.15) is 35.5 Å². The van der Waals surface area contributed by atoms with E-state index in [0.29, 0.717) is 17.1 Å². The Hall–Kier alpha value is -6.03. The summed E-state index contributed by atoms with van der Waals surface area (Å²) >= 11 is 0. The monoisotopic (exact) mass is 779 g/mol. The number of phenolic OH excluding ortho intramolecular Hbond substituents is 2. The molecular weight excluding hydrogens is 755 g/mol. The van der Waals surface area contributed by atoms with Crippen molar-refractivity contribution in [2.45, 2.75) is 14.7 Å². The molecule has 6 aromatic carbocycles. The van der Waals surface area contributed by atoms with E-state index >= 15 is 0 Å². The van der Waals surface area contributed by atoms with Gasteiger partial charge in [0.2, 0.25) is 0 Å². The maximum absolute atomic E-state index is 12.4. The van der Waals surface area contributed by atoms with E-state index in [9.17, 15) is 49.1 Å². The zero-order chi connectivity index (χ0) is 38.3. The van der Waals surface area contributed by atoms with Gasteiger partial charge in [-0.1, -0.05) is 12.1 Å². The quantitative estimate of drug-likeness (QED) is 0.0574. The van der Waals surface area contributed by atoms with Crippen LogP contribution in [0.2, 0.25) is 0 Å². The number of phenols is 2. The molecular formula is C33H25N5O12S3. The number of hydrogen-bond acceptors (Lipinski definition) is 14. The second-order valence-corrected chi connectivity index (χ2v) is 15.3. The average molecular weight is 780 g/mol. The first-order valence-corrected chi connectivity index (χ1v) is 19.1. The lowest BCUT2D eigenvalue weighted by molar-refractivity contribution is 0.415. The first-order chi connectivity index (χ1) is 24.9. The second-order valence-electron chi connectivity index (χ2n) is 11.2. The van der Waals surface area contributed by atoms with E-state index in [-0.39, 0.29) is 38.6 Å². The van der Waals surface area contributed by atoms with Crippen LogP contribution in [-0.2, 0) is 30.4 Å². The van der Waals surface area contributed by atoms with Crippen molar-refractivity contribution in [2.75, 3.05) is 12.4 Å². The molecule has 6 rings (SSSR count). The first kappa shape index (κ1) is 36.8. The van der Waals surface area contributed by atoms with E-state index in [1.807, 2.05) is 0 Å². The van der Waals surface area contributed by atoms with Crippen LogP contribution in [0.1, 0.15) is 0 Å². The van der Waals surface area contributed by atoms with Gasteiger partial charge in [0.05, 0.1) is 18.5 Å². The summed E-state index contributed by atoms with van der Waals surface area (Å²) in [5.41, 5.74) is 0.0793. The van der Waals surface area contributed by atoms with Crippen LogP contribution in [0.5, 0.6) is 17.2 Å². The van der Waals surface area contributed by atoms with Crippen LogP contribution in [0.25, 0.3) is 21.5 Å². The van der Waals surface area contributed by atoms with Crippen molar-refractivity contribution in [3.8, 4) is 17.2 Å². The lowest BCUT2D eigenvalue weighted by atomic mass is 10.1. The number of benzene rings is 6. The Labute approximate surface area is 300 Å². The molecule has 0 unspecified atom stereocenters. The van der Waals surface area contributed by atoms with Gasteiger partial charge in [-0.15, -0.1) is 10.2 Å². The minimum Gasteiger partial charge on any atom is -0.506 e. The van der Waals surface area contributed by atoms with Gasteiger partial charge < -0.3 is 20.3 Å². The molecule has 0 radical (unpaired) electrons. The molecule has 0 fully saturated rings. The number of nitrogens with zero attached hydrogens (tertiary/aromatic N) is 4. The number of methoxy groups -OCH3 is 1. The normalized spacial score (nSPS) is 12.6. The highest BCUT2D eigenvalue weighted by molar-refractivity contribution is 7.86. The fourth-order valence-corrected chi connectivity index (χ4v) is 7.33. The van der Waals surface area contributed by atoms with Gasteiger partial charge in [-0.25, -0.2) is 0 Å². The zero-order valence-corrected chi connectivity index (χ0v) is 29.3. The van der Waals surface area contributed by atoms with Crippen LogP contribution < -0.4 is 10.1 Å². The van der Waals surface area contributed by atoms with E-state index in [1.165, 1.54) is 37.4 Å². The van der Waals surface area contributed by atoms with Gasteiger partial charge in [0.15, 0.2) is 5.75 Å². The summed E-state index contributed by atoms with van der Waals surface area (Å²) in [5, 5.41) is 40.2. The van der Waals surface area contributed by atoms with Crippen LogP contribution in [0.3, 0.4) is 0 Å². The van der Waals surface area contributed by atoms with E-state index in [1.54, 1.807) is 36.4 Å². The van der Waals surface area contributed by atoms with Crippen molar-refractivity contribution in [1.29, 1.82) is 0 Å². The van der Waals surface area contributed by atoms with Crippen LogP contribution in [0.4, 0.5) is 34.1 Å². The molecule has 0 aromatic heterocycles. The molecule has 0 spiro atoms. The first-order valence-electron chi connectivity index (χ1n) is 14.8. The van der Waals surface area contributed by atoms with E-state index < -0.39 is 62.2 Å². The fourth-order valence-electron chi connectivity index (χ4n) is 5.25. The van der Waals surface area contributed by atoms with E-state index in [4.69, 9.17) is 4.74 Å². The molecule has 0 saturated heterocycles. The summed E-state index contributed by atoms with van der Waals surface area (Å²) in [5.74, 6) is -0.541. The number of nitrogens with one attached hydrogen (secondary N) is 1. The Balaban J connectivity index is 1.32. The molecule has 0 aliphatic heterocycles. The van der Waals surface area contributed by atoms with Crippen LogP contribution in [-0.4, -0.2) is 56.2 Å². The second kappa shape index (κ2) is 13.8. The lowest BCUT2D eigenvalue weighted by Gasteiger charge is -2.12. The summed E-state index contributed by atoms with van der Waals surface area (Å²) in [7, 11) is -13.1. The Morgan fingerprint density at radius 2 is 1.23 bits per heavy atom. The molecule has 20 heteroatoms. The molecule has 0 atom stereocenters. The zero-order valence-electron chi connectivity index (χ0n) is 26.8. The highest BCUT2D eigenvalue weighted by Crippen LogP contribution is 2.43. The molecule has 272 valence electrons. The number of rotatable bonds is 10. The summed E-state index contributed by atoms with van der Waals surface area (Å²) in [4.78, 5) is -2.13. The topological polar surface area (TPSA) is 274 Å². The molecule has 0 aliphatic rings. The van der Waals surface area contributed by atoms with E-state index in [0.717, 1.165) is 30.3 Å². The predicted octanol–water partition coefficient (Wildman–Crippen LogP) is 7.73. The van der Waals surface area contributed by atoms with Crippen LogP contribution in [0.15, 0.2) is 132 Å². The van der Waals surface area contributed by atoms with Crippen molar-refractivity contribution >= 4 is 86.0 Å². The maximum atomic E-state index is 12.4. The van der Waals surface area contributed by atoms with Crippen molar-refractivity contribution in [3.05, 3.63) is 97.1 Å². The maximum Gasteiger partial charge on any atom is 0.296 e. The third-order valence-electron chi connectivity index (χ3n) is 7.66. The van der Waals surface area contributed by atoms with Crippen molar-refractivity contribution in [1.82, 2.24) is 0 Å². The van der Waals surface area contributed by atoms with Gasteiger partial charge in [0, 0.05) is 33.6 Å². The highest BCUT2D eigenvalue weighted by atomic mass is 32.2. The van der Waals surface area contributed by atoms with Crippen molar-refractivity contribution < 1.29 is 53.9 Å². The Bertz CT molecular complexity index is 2850. The SMILES string of the molecule is COc1ccc(Nc2ccc3c(O)c(N=Nc4ccc(N=Nc5cc(S(=O)(=O)O)c6cccc(S(=O)(=O)O)c6c5)cc4O)c(S(=O)(=O)O)cc3c2)cc1. The Morgan fingerprint density at radius 3 is 1.87 bits per heavy atom. The molecule has 6 aromatic rings. The lowest BCUT2D eigenvalue weighted by Crippen LogP contribution is -2.03. The number of azo groups is 2. The van der Waals surface area contributed by atoms with Gasteiger partial charge in [0.1, 0.15) is 37.6 Å². The van der Waals surface area contributed by atoms with E-state index in [2.05, 4.69) is 25.8 Å². The highest BCUT2D eigenvalue weighted by Gasteiger charge is 2.23. The molecule has 17 nitrogen and oxygen atoms in total. The van der Waals surface area contributed by atoms with Crippen molar-refractivity contribution in [3.63, 3.8) is 0 Å². The fraction of sp³-hybridized carbons (Fsp3) is 0.0303.